The number of hydrogen-bond donors (Lipinski definition) is 2. The molecule has 1 aliphatic carbocycles. The first kappa shape index (κ1) is 12.8. The number of alkyl carbamates (subject to hydrolysis) is 1. The number of alkyl halides is 3. The molecule has 16 heavy (non-hydrogen) atoms. The molecule has 7 heteroatoms. The summed E-state index contributed by atoms with van der Waals surface area (Å²) in [6.45, 7) is 0.410. The average molecular weight is 238 g/mol. The number of ether oxygens (including phenoxy) is 1. The Hall–Kier alpha value is -1.24. The van der Waals surface area contributed by atoms with E-state index in [-0.39, 0.29) is 19.4 Å². The van der Waals surface area contributed by atoms with Crippen LogP contribution in [0, 0.1) is 0 Å². The van der Waals surface area contributed by atoms with E-state index in [0.29, 0.717) is 6.54 Å². The zero-order valence-corrected chi connectivity index (χ0v) is 8.51. The maximum absolute atomic E-state index is 12.4. The minimum atomic E-state index is -4.49. The second-order valence-corrected chi connectivity index (χ2v) is 3.47. The molecule has 3 N–H and O–H groups in total. The van der Waals surface area contributed by atoms with Gasteiger partial charge >= 0.3 is 12.3 Å². The summed E-state index contributed by atoms with van der Waals surface area (Å²) in [5.74, 6) is 0. The number of nitrogens with two attached hydrogens (primary N) is 1. The van der Waals surface area contributed by atoms with E-state index in [1.165, 1.54) is 6.08 Å². The minimum absolute atomic E-state index is 0.101. The van der Waals surface area contributed by atoms with E-state index in [2.05, 4.69) is 10.1 Å². The zero-order chi connectivity index (χ0) is 12.2. The third-order valence-electron chi connectivity index (χ3n) is 2.18. The van der Waals surface area contributed by atoms with Crippen molar-refractivity contribution in [3.05, 3.63) is 12.2 Å². The Morgan fingerprint density at radius 2 is 2.06 bits per heavy atom. The van der Waals surface area contributed by atoms with E-state index < -0.39 is 17.9 Å². The van der Waals surface area contributed by atoms with Crippen molar-refractivity contribution in [1.82, 2.24) is 5.32 Å². The average Bonchev–Trinajstić information content (AvgIpc) is 2.92. The van der Waals surface area contributed by atoms with Crippen molar-refractivity contribution in [2.24, 2.45) is 5.73 Å². The van der Waals surface area contributed by atoms with Gasteiger partial charge < -0.3 is 15.8 Å². The third-order valence-corrected chi connectivity index (χ3v) is 2.18. The van der Waals surface area contributed by atoms with Gasteiger partial charge in [0.25, 0.3) is 0 Å². The summed E-state index contributed by atoms with van der Waals surface area (Å²) in [5.41, 5.74) is 2.88. The summed E-state index contributed by atoms with van der Waals surface area (Å²) in [5, 5.41) is 2.18. The molecule has 0 atom stereocenters. The molecule has 92 valence electrons. The highest BCUT2D eigenvalue weighted by Crippen LogP contribution is 2.52. The smallest absolute Gasteiger partial charge is 0.428 e. The topological polar surface area (TPSA) is 64.3 Å². The van der Waals surface area contributed by atoms with Crippen molar-refractivity contribution in [3.63, 3.8) is 0 Å². The highest BCUT2D eigenvalue weighted by atomic mass is 19.4. The van der Waals surface area contributed by atoms with Crippen LogP contribution in [-0.4, -0.2) is 31.0 Å². The Kier molecular flexibility index (Phi) is 3.79. The lowest BCUT2D eigenvalue weighted by Crippen LogP contribution is -2.39. The van der Waals surface area contributed by atoms with Gasteiger partial charge in [0.15, 0.2) is 0 Å². The predicted octanol–water partition coefficient (Wildman–Crippen LogP) is 1.32. The highest BCUT2D eigenvalue weighted by molar-refractivity contribution is 5.68. The van der Waals surface area contributed by atoms with E-state index >= 15 is 0 Å². The number of halogens is 3. The number of amides is 1. The van der Waals surface area contributed by atoms with Gasteiger partial charge in [-0.1, -0.05) is 12.2 Å². The first-order valence-corrected chi connectivity index (χ1v) is 4.80. The molecule has 1 aliphatic rings. The van der Waals surface area contributed by atoms with Gasteiger partial charge in [0, 0.05) is 25.9 Å². The molecule has 0 heterocycles. The molecule has 0 spiro atoms. The van der Waals surface area contributed by atoms with Crippen molar-refractivity contribution in [2.75, 3.05) is 13.1 Å². The highest BCUT2D eigenvalue weighted by Gasteiger charge is 2.67. The minimum Gasteiger partial charge on any atom is -0.433 e. The SMILES string of the molecule is NC/C=C/CNC(=O)OC1(C(F)(F)F)CC1. The van der Waals surface area contributed by atoms with Crippen LogP contribution in [0.25, 0.3) is 0 Å². The molecule has 0 saturated heterocycles. The van der Waals surface area contributed by atoms with E-state index in [0.717, 1.165) is 0 Å². The van der Waals surface area contributed by atoms with Crippen molar-refractivity contribution in [2.45, 2.75) is 24.6 Å². The van der Waals surface area contributed by atoms with Gasteiger partial charge in [0.1, 0.15) is 0 Å². The largest absolute Gasteiger partial charge is 0.433 e. The third kappa shape index (κ3) is 3.13. The molecular formula is C9H13F3N2O2. The second-order valence-electron chi connectivity index (χ2n) is 3.47. The molecule has 0 bridgehead atoms. The van der Waals surface area contributed by atoms with Crippen molar-refractivity contribution >= 4 is 6.09 Å². The van der Waals surface area contributed by atoms with Gasteiger partial charge in [-0.3, -0.25) is 0 Å². The summed E-state index contributed by atoms with van der Waals surface area (Å²) in [6.07, 6.45) is -2.76. The van der Waals surface area contributed by atoms with Gasteiger partial charge in [-0.25, -0.2) is 4.79 Å². The maximum Gasteiger partial charge on any atom is 0.428 e. The van der Waals surface area contributed by atoms with Gasteiger partial charge in [-0.2, -0.15) is 13.2 Å². The summed E-state index contributed by atoms with van der Waals surface area (Å²) in [6, 6.07) is 0. The lowest BCUT2D eigenvalue weighted by molar-refractivity contribution is -0.217. The van der Waals surface area contributed by atoms with Gasteiger partial charge in [-0.05, 0) is 0 Å². The first-order valence-electron chi connectivity index (χ1n) is 4.80. The fourth-order valence-corrected chi connectivity index (χ4v) is 1.09. The van der Waals surface area contributed by atoms with Crippen molar-refractivity contribution in [1.29, 1.82) is 0 Å². The fraction of sp³-hybridized carbons (Fsp3) is 0.667. The molecule has 0 aromatic carbocycles. The Labute approximate surface area is 90.6 Å². The Balaban J connectivity index is 2.32. The summed E-state index contributed by atoms with van der Waals surface area (Å²) in [4.78, 5) is 11.0. The quantitative estimate of drug-likeness (QED) is 0.726. The molecule has 1 amide bonds. The monoisotopic (exact) mass is 238 g/mol. The van der Waals surface area contributed by atoms with E-state index in [1.807, 2.05) is 0 Å². The van der Waals surface area contributed by atoms with Gasteiger partial charge in [-0.15, -0.1) is 0 Å². The molecular weight excluding hydrogens is 225 g/mol. The lowest BCUT2D eigenvalue weighted by Gasteiger charge is -2.19. The Morgan fingerprint density at radius 1 is 1.44 bits per heavy atom. The zero-order valence-electron chi connectivity index (χ0n) is 8.51. The van der Waals surface area contributed by atoms with Crippen LogP contribution < -0.4 is 11.1 Å². The van der Waals surface area contributed by atoms with Crippen LogP contribution in [0.4, 0.5) is 18.0 Å². The summed E-state index contributed by atoms with van der Waals surface area (Å²) in [7, 11) is 0. The number of nitrogens with one attached hydrogen (secondary N) is 1. The van der Waals surface area contributed by atoms with Crippen LogP contribution in [-0.2, 0) is 4.74 Å². The molecule has 0 aromatic rings. The number of hydrogen-bond acceptors (Lipinski definition) is 3. The van der Waals surface area contributed by atoms with Crippen LogP contribution >= 0.6 is 0 Å². The molecule has 1 rings (SSSR count). The van der Waals surface area contributed by atoms with Crippen LogP contribution in [0.2, 0.25) is 0 Å². The molecule has 0 aliphatic heterocycles. The molecule has 0 unspecified atom stereocenters. The first-order chi connectivity index (χ1) is 7.41. The second kappa shape index (κ2) is 4.73. The normalized spacial score (nSPS) is 18.5. The van der Waals surface area contributed by atoms with Crippen LogP contribution in [0.1, 0.15) is 12.8 Å². The maximum atomic E-state index is 12.4. The van der Waals surface area contributed by atoms with Crippen LogP contribution in [0.5, 0.6) is 0 Å². The van der Waals surface area contributed by atoms with Crippen LogP contribution in [0.3, 0.4) is 0 Å². The van der Waals surface area contributed by atoms with E-state index in [1.54, 1.807) is 6.08 Å². The Morgan fingerprint density at radius 3 is 2.50 bits per heavy atom. The standard InChI is InChI=1S/C9H13F3N2O2/c10-9(11,12)8(3-4-8)16-7(15)14-6-2-1-5-13/h1-2H,3-6,13H2,(H,14,15)/b2-1+. The van der Waals surface area contributed by atoms with Crippen LogP contribution in [0.15, 0.2) is 12.2 Å². The van der Waals surface area contributed by atoms with Crippen molar-refractivity contribution < 1.29 is 22.7 Å². The van der Waals surface area contributed by atoms with Crippen molar-refractivity contribution in [3.8, 4) is 0 Å². The molecule has 4 nitrogen and oxygen atoms in total. The van der Waals surface area contributed by atoms with Gasteiger partial charge in [0.2, 0.25) is 5.60 Å². The summed E-state index contributed by atoms with van der Waals surface area (Å²) < 4.78 is 41.4. The predicted molar refractivity (Wildman–Crippen MR) is 50.7 cm³/mol. The number of carbonyl (C=O) groups excluding carboxylic acids is 1. The van der Waals surface area contributed by atoms with Gasteiger partial charge in [0.05, 0.1) is 0 Å². The number of rotatable bonds is 4. The molecule has 0 radical (unpaired) electrons. The van der Waals surface area contributed by atoms with E-state index in [9.17, 15) is 18.0 Å². The van der Waals surface area contributed by atoms with E-state index in [4.69, 9.17) is 5.73 Å². The fourth-order valence-electron chi connectivity index (χ4n) is 1.09. The molecule has 0 aromatic heterocycles. The Bertz CT molecular complexity index is 285. The molecule has 1 saturated carbocycles. The number of carbonyl (C=O) groups is 1. The lowest BCUT2D eigenvalue weighted by atomic mass is 10.3. The summed E-state index contributed by atoms with van der Waals surface area (Å²) >= 11 is 0. The molecule has 1 fully saturated rings.